The molecule has 1 heterocycles. The largest absolute Gasteiger partial charge is 1.00 e. The van der Waals surface area contributed by atoms with E-state index in [9.17, 15) is 23.2 Å². The van der Waals surface area contributed by atoms with Crippen LogP contribution in [0.15, 0.2) is 0 Å². The molecule has 0 amide bonds. The summed E-state index contributed by atoms with van der Waals surface area (Å²) in [4.78, 5) is 0.598. The molecule has 1 aliphatic rings. The molecular formula is C5H7BF3K2NO2S. The van der Waals surface area contributed by atoms with Gasteiger partial charge < -0.3 is 10.0 Å². The minimum absolute atomic E-state index is 0. The summed E-state index contributed by atoms with van der Waals surface area (Å²) in [5.41, 5.74) is 0. The number of rotatable bonds is 2. The maximum Gasteiger partial charge on any atom is 1.00 e. The average Bonchev–Trinajstić information content (AvgIpc) is 1.98. The molecular weight excluding hydrogens is 284 g/mol. The zero-order valence-corrected chi connectivity index (χ0v) is 15.6. The van der Waals surface area contributed by atoms with Crippen molar-refractivity contribution in [3.8, 4) is 0 Å². The third-order valence-corrected chi connectivity index (χ3v) is 2.62. The van der Waals surface area contributed by atoms with Gasteiger partial charge in [-0.15, -0.1) is 0 Å². The third-order valence-electron chi connectivity index (χ3n) is 1.65. The van der Waals surface area contributed by atoms with Gasteiger partial charge in [0.2, 0.25) is 6.30 Å². The maximum absolute atomic E-state index is 12.9. The van der Waals surface area contributed by atoms with Crippen molar-refractivity contribution in [1.82, 2.24) is 4.90 Å². The van der Waals surface area contributed by atoms with E-state index in [4.69, 9.17) is 0 Å². The fraction of sp³-hybridized carbons (Fsp3) is 1.00. The summed E-state index contributed by atoms with van der Waals surface area (Å²) in [7, 11) is -2.28. The van der Waals surface area contributed by atoms with Gasteiger partial charge in [-0.3, -0.25) is 4.90 Å². The Morgan fingerprint density at radius 2 is 1.93 bits per heavy atom. The molecule has 0 aromatic carbocycles. The summed E-state index contributed by atoms with van der Waals surface area (Å²) < 4.78 is 38.1. The van der Waals surface area contributed by atoms with Crippen LogP contribution in [0.1, 0.15) is 0 Å². The fourth-order valence-electron chi connectivity index (χ4n) is 1.07. The van der Waals surface area contributed by atoms with E-state index >= 15 is 0 Å². The Labute approximate surface area is 176 Å². The first-order valence-electron chi connectivity index (χ1n) is 3.65. The van der Waals surface area contributed by atoms with Crippen molar-refractivity contribution in [2.45, 2.75) is 11.6 Å². The Kier molecular flexibility index (Phi) is 12.8. The minimum atomic E-state index is -3.51. The molecule has 10 heteroatoms. The second-order valence-electron chi connectivity index (χ2n) is 2.67. The van der Waals surface area contributed by atoms with Crippen LogP contribution >= 0.6 is 11.8 Å². The van der Waals surface area contributed by atoms with Crippen molar-refractivity contribution < 1.29 is 126 Å². The predicted octanol–water partition coefficient (Wildman–Crippen LogP) is -7.32. The summed E-state index contributed by atoms with van der Waals surface area (Å²) in [5, 5.41) is 16.8. The number of hydrogen-bond donors (Lipinski definition) is 0. The molecule has 3 nitrogen and oxygen atoms in total. The van der Waals surface area contributed by atoms with E-state index in [1.807, 2.05) is 0 Å². The number of halogens is 3. The molecule has 0 aromatic heterocycles. The second kappa shape index (κ2) is 9.29. The van der Waals surface area contributed by atoms with E-state index in [2.05, 4.69) is 0 Å². The molecule has 1 fully saturated rings. The van der Waals surface area contributed by atoms with Gasteiger partial charge in [-0.2, -0.15) is 8.78 Å². The van der Waals surface area contributed by atoms with Gasteiger partial charge in [0, 0.05) is 12.3 Å². The number of thioether (sulfide) groups is 1. The quantitative estimate of drug-likeness (QED) is 0.375. The van der Waals surface area contributed by atoms with Gasteiger partial charge in [-0.05, 0) is 0 Å². The molecule has 15 heavy (non-hydrogen) atoms. The van der Waals surface area contributed by atoms with Crippen molar-refractivity contribution >= 4 is 18.9 Å². The van der Waals surface area contributed by atoms with Gasteiger partial charge in [-0.25, -0.2) is 4.39 Å². The van der Waals surface area contributed by atoms with E-state index in [0.29, 0.717) is 4.90 Å². The minimum Gasteiger partial charge on any atom is -0.892 e. The SMILES string of the molecule is [K+].[K+].[O-]B([O-])CN1CCSC(F)(F)C1F. The Bertz CT molecular complexity index is 194. The van der Waals surface area contributed by atoms with Crippen molar-refractivity contribution in [3.63, 3.8) is 0 Å². The smallest absolute Gasteiger partial charge is 0.892 e. The van der Waals surface area contributed by atoms with Gasteiger partial charge in [0.25, 0.3) is 0 Å². The monoisotopic (exact) mass is 291 g/mol. The van der Waals surface area contributed by atoms with Gasteiger partial charge in [0.15, 0.2) is 0 Å². The van der Waals surface area contributed by atoms with Crippen LogP contribution in [-0.4, -0.2) is 42.3 Å². The Hall–Kier alpha value is 3.36. The number of nitrogens with zero attached hydrogens (tertiary/aromatic N) is 1. The van der Waals surface area contributed by atoms with Crippen LogP contribution in [0.3, 0.4) is 0 Å². The first-order valence-corrected chi connectivity index (χ1v) is 4.63. The van der Waals surface area contributed by atoms with E-state index in [0.717, 1.165) is 0 Å². The molecule has 0 radical (unpaired) electrons. The topological polar surface area (TPSA) is 49.4 Å². The maximum atomic E-state index is 12.9. The van der Waals surface area contributed by atoms with E-state index in [1.54, 1.807) is 0 Å². The molecule has 1 atom stereocenters. The molecule has 0 aliphatic carbocycles. The van der Waals surface area contributed by atoms with Crippen LogP contribution < -0.4 is 113 Å². The number of hydrogen-bond acceptors (Lipinski definition) is 4. The molecule has 0 bridgehead atoms. The van der Waals surface area contributed by atoms with Crippen LogP contribution in [-0.2, 0) is 0 Å². The summed E-state index contributed by atoms with van der Waals surface area (Å²) in [6.07, 6.45) is -3.23. The standard InChI is InChI=1S/C5H7BF3NO2S.2K/c7-4-5(8,9)13-2-1-10(4)3-6(11)12;;/h4H,1-3H2;;/q-2;2*+1. The van der Waals surface area contributed by atoms with Gasteiger partial charge in [0.1, 0.15) is 0 Å². The van der Waals surface area contributed by atoms with Crippen molar-refractivity contribution in [3.05, 3.63) is 0 Å². The van der Waals surface area contributed by atoms with Crippen molar-refractivity contribution in [2.24, 2.45) is 0 Å². The van der Waals surface area contributed by atoms with Crippen LogP contribution in [0, 0.1) is 0 Å². The number of alkyl halides is 3. The predicted molar refractivity (Wildman–Crippen MR) is 39.6 cm³/mol. The van der Waals surface area contributed by atoms with Crippen molar-refractivity contribution in [1.29, 1.82) is 0 Å². The van der Waals surface area contributed by atoms with Gasteiger partial charge in [-0.1, -0.05) is 25.3 Å². The Morgan fingerprint density at radius 1 is 1.40 bits per heavy atom. The fourth-order valence-corrected chi connectivity index (χ4v) is 1.95. The molecule has 1 aliphatic heterocycles. The molecule has 0 aromatic rings. The second-order valence-corrected chi connectivity index (χ2v) is 3.91. The normalized spacial score (nSPS) is 25.0. The Balaban J connectivity index is 0. The molecule has 0 spiro atoms. The van der Waals surface area contributed by atoms with Crippen LogP contribution in [0.5, 0.6) is 0 Å². The molecule has 0 saturated carbocycles. The first-order chi connectivity index (χ1) is 5.93. The van der Waals surface area contributed by atoms with E-state index < -0.39 is 25.1 Å². The Morgan fingerprint density at radius 3 is 2.40 bits per heavy atom. The van der Waals surface area contributed by atoms with E-state index in [-0.39, 0.29) is 127 Å². The summed E-state index contributed by atoms with van der Waals surface area (Å²) in [5.74, 6) is 0.0279. The summed E-state index contributed by atoms with van der Waals surface area (Å²) in [6.45, 7) is 0.0163. The average molecular weight is 291 g/mol. The summed E-state index contributed by atoms with van der Waals surface area (Å²) in [6, 6.07) is 0. The van der Waals surface area contributed by atoms with Crippen LogP contribution in [0.4, 0.5) is 13.2 Å². The van der Waals surface area contributed by atoms with Crippen LogP contribution in [0.2, 0.25) is 0 Å². The summed E-state index contributed by atoms with van der Waals surface area (Å²) >= 11 is 0.205. The van der Waals surface area contributed by atoms with Gasteiger partial charge >= 0.3 is 108 Å². The molecule has 76 valence electrons. The zero-order chi connectivity index (χ0) is 10.1. The molecule has 0 N–H and O–H groups in total. The molecule has 1 rings (SSSR count). The first kappa shape index (κ1) is 20.7. The van der Waals surface area contributed by atoms with Crippen LogP contribution in [0.25, 0.3) is 0 Å². The zero-order valence-electron chi connectivity index (χ0n) is 8.58. The van der Waals surface area contributed by atoms with Gasteiger partial charge in [0.05, 0.1) is 0 Å². The molecule has 1 unspecified atom stereocenters. The third kappa shape index (κ3) is 6.90. The van der Waals surface area contributed by atoms with E-state index in [1.165, 1.54) is 0 Å². The molecule has 1 saturated heterocycles. The van der Waals surface area contributed by atoms with Crippen molar-refractivity contribution in [2.75, 3.05) is 18.7 Å².